The van der Waals surface area contributed by atoms with Gasteiger partial charge in [0.15, 0.2) is 0 Å². The standard InChI is InChI=1S/C16H25N/c1-5-12(2)13(3)17-11-10-15-8-6-7-9-16(15)14(17)4/h6-9,12-14H,5,10-11H2,1-4H3/t12?,13-,14+/m0/s1. The zero-order valence-electron chi connectivity index (χ0n) is 11.6. The molecule has 1 aliphatic rings. The van der Waals surface area contributed by atoms with E-state index in [2.05, 4.69) is 56.9 Å². The molecule has 0 saturated carbocycles. The zero-order chi connectivity index (χ0) is 12.4. The first-order valence-electron chi connectivity index (χ1n) is 6.98. The summed E-state index contributed by atoms with van der Waals surface area (Å²) in [5.41, 5.74) is 3.08. The number of rotatable bonds is 3. The third-order valence-electron chi connectivity index (χ3n) is 4.63. The molecule has 94 valence electrons. The fraction of sp³-hybridized carbons (Fsp3) is 0.625. The minimum absolute atomic E-state index is 0.573. The van der Waals surface area contributed by atoms with Gasteiger partial charge in [-0.2, -0.15) is 0 Å². The number of fused-ring (bicyclic) bond motifs is 1. The van der Waals surface area contributed by atoms with Crippen LogP contribution in [0.4, 0.5) is 0 Å². The molecule has 3 atom stereocenters. The minimum Gasteiger partial charge on any atom is -0.293 e. The van der Waals surface area contributed by atoms with E-state index in [0.717, 1.165) is 5.92 Å². The predicted molar refractivity (Wildman–Crippen MR) is 74.2 cm³/mol. The Kier molecular flexibility index (Phi) is 3.88. The van der Waals surface area contributed by atoms with Gasteiger partial charge in [-0.15, -0.1) is 0 Å². The fourth-order valence-electron chi connectivity index (χ4n) is 3.02. The van der Waals surface area contributed by atoms with Crippen LogP contribution in [0.15, 0.2) is 24.3 Å². The second-order valence-corrected chi connectivity index (χ2v) is 5.49. The van der Waals surface area contributed by atoms with Crippen LogP contribution in [0.3, 0.4) is 0 Å². The molecule has 0 aromatic heterocycles. The smallest absolute Gasteiger partial charge is 0.0325 e. The molecule has 1 heteroatoms. The van der Waals surface area contributed by atoms with Crippen molar-refractivity contribution >= 4 is 0 Å². The molecule has 1 unspecified atom stereocenters. The molecule has 1 aromatic carbocycles. The van der Waals surface area contributed by atoms with E-state index in [-0.39, 0.29) is 0 Å². The monoisotopic (exact) mass is 231 g/mol. The first-order valence-corrected chi connectivity index (χ1v) is 6.98. The Hall–Kier alpha value is -0.820. The van der Waals surface area contributed by atoms with E-state index in [1.165, 1.54) is 24.9 Å². The van der Waals surface area contributed by atoms with Crippen molar-refractivity contribution in [2.24, 2.45) is 5.92 Å². The highest BCUT2D eigenvalue weighted by molar-refractivity contribution is 5.32. The average molecular weight is 231 g/mol. The van der Waals surface area contributed by atoms with Crippen LogP contribution in [0.25, 0.3) is 0 Å². The number of benzene rings is 1. The highest BCUT2D eigenvalue weighted by atomic mass is 15.2. The van der Waals surface area contributed by atoms with Gasteiger partial charge in [0.05, 0.1) is 0 Å². The highest BCUT2D eigenvalue weighted by Crippen LogP contribution is 2.32. The van der Waals surface area contributed by atoms with Crippen molar-refractivity contribution in [2.45, 2.75) is 52.6 Å². The Labute approximate surface area is 106 Å². The highest BCUT2D eigenvalue weighted by Gasteiger charge is 2.28. The van der Waals surface area contributed by atoms with Crippen LogP contribution in [0.5, 0.6) is 0 Å². The molecule has 0 radical (unpaired) electrons. The molecule has 1 aromatic rings. The molecule has 0 saturated heterocycles. The maximum atomic E-state index is 2.68. The van der Waals surface area contributed by atoms with Gasteiger partial charge in [-0.3, -0.25) is 4.90 Å². The second kappa shape index (κ2) is 5.22. The van der Waals surface area contributed by atoms with E-state index in [4.69, 9.17) is 0 Å². The summed E-state index contributed by atoms with van der Waals surface area (Å²) < 4.78 is 0. The number of hydrogen-bond donors (Lipinski definition) is 0. The summed E-state index contributed by atoms with van der Waals surface area (Å²) in [6, 6.07) is 10.2. The van der Waals surface area contributed by atoms with Gasteiger partial charge in [-0.25, -0.2) is 0 Å². The van der Waals surface area contributed by atoms with Gasteiger partial charge in [0.25, 0.3) is 0 Å². The molecular formula is C16H25N. The van der Waals surface area contributed by atoms with Crippen molar-refractivity contribution < 1.29 is 0 Å². The summed E-state index contributed by atoms with van der Waals surface area (Å²) in [5.74, 6) is 0.780. The van der Waals surface area contributed by atoms with Gasteiger partial charge in [-0.1, -0.05) is 44.5 Å². The Morgan fingerprint density at radius 2 is 2.00 bits per heavy atom. The van der Waals surface area contributed by atoms with Crippen LogP contribution in [-0.2, 0) is 6.42 Å². The Balaban J connectivity index is 2.19. The van der Waals surface area contributed by atoms with Crippen LogP contribution in [0.2, 0.25) is 0 Å². The van der Waals surface area contributed by atoms with E-state index in [1.54, 1.807) is 5.56 Å². The third kappa shape index (κ3) is 2.40. The fourth-order valence-corrected chi connectivity index (χ4v) is 3.02. The van der Waals surface area contributed by atoms with Crippen LogP contribution in [-0.4, -0.2) is 17.5 Å². The Morgan fingerprint density at radius 3 is 2.71 bits per heavy atom. The molecule has 1 aliphatic heterocycles. The lowest BCUT2D eigenvalue weighted by Gasteiger charge is -2.41. The maximum Gasteiger partial charge on any atom is 0.0325 e. The van der Waals surface area contributed by atoms with Crippen molar-refractivity contribution in [1.29, 1.82) is 0 Å². The van der Waals surface area contributed by atoms with Crippen molar-refractivity contribution in [3.05, 3.63) is 35.4 Å². The van der Waals surface area contributed by atoms with Crippen LogP contribution >= 0.6 is 0 Å². The summed E-state index contributed by atoms with van der Waals surface area (Å²) >= 11 is 0. The van der Waals surface area contributed by atoms with Crippen LogP contribution in [0.1, 0.15) is 51.3 Å². The molecule has 0 aliphatic carbocycles. The first-order chi connectivity index (χ1) is 8.15. The molecule has 1 nitrogen and oxygen atoms in total. The quantitative estimate of drug-likeness (QED) is 0.759. The number of hydrogen-bond acceptors (Lipinski definition) is 1. The van der Waals surface area contributed by atoms with Crippen molar-refractivity contribution in [3.63, 3.8) is 0 Å². The van der Waals surface area contributed by atoms with Crippen molar-refractivity contribution in [2.75, 3.05) is 6.54 Å². The van der Waals surface area contributed by atoms with Gasteiger partial charge in [0.1, 0.15) is 0 Å². The summed E-state index contributed by atoms with van der Waals surface area (Å²) in [6.45, 7) is 10.6. The van der Waals surface area contributed by atoms with E-state index >= 15 is 0 Å². The molecule has 0 amide bonds. The average Bonchev–Trinajstić information content (AvgIpc) is 2.38. The molecule has 2 rings (SSSR count). The second-order valence-electron chi connectivity index (χ2n) is 5.49. The molecule has 0 spiro atoms. The van der Waals surface area contributed by atoms with Gasteiger partial charge in [-0.05, 0) is 37.3 Å². The van der Waals surface area contributed by atoms with Gasteiger partial charge in [0, 0.05) is 18.6 Å². The lowest BCUT2D eigenvalue weighted by atomic mass is 9.89. The van der Waals surface area contributed by atoms with Gasteiger partial charge in [0.2, 0.25) is 0 Å². The van der Waals surface area contributed by atoms with Crippen LogP contribution in [0, 0.1) is 5.92 Å². The minimum atomic E-state index is 0.573. The van der Waals surface area contributed by atoms with E-state index in [9.17, 15) is 0 Å². The van der Waals surface area contributed by atoms with E-state index < -0.39 is 0 Å². The lowest BCUT2D eigenvalue weighted by molar-refractivity contribution is 0.106. The van der Waals surface area contributed by atoms with Gasteiger partial charge >= 0.3 is 0 Å². The van der Waals surface area contributed by atoms with Gasteiger partial charge < -0.3 is 0 Å². The topological polar surface area (TPSA) is 3.24 Å². The molecule has 17 heavy (non-hydrogen) atoms. The largest absolute Gasteiger partial charge is 0.293 e. The SMILES string of the molecule is CCC(C)[C@H](C)N1CCc2ccccc2[C@H]1C. The maximum absolute atomic E-state index is 2.68. The van der Waals surface area contributed by atoms with Crippen LogP contribution < -0.4 is 0 Å². The summed E-state index contributed by atoms with van der Waals surface area (Å²) in [6.07, 6.45) is 2.48. The van der Waals surface area contributed by atoms with E-state index in [1.807, 2.05) is 0 Å². The summed E-state index contributed by atoms with van der Waals surface area (Å²) in [7, 11) is 0. The normalized spacial score (nSPS) is 24.1. The first kappa shape index (κ1) is 12.6. The Morgan fingerprint density at radius 1 is 1.29 bits per heavy atom. The molecular weight excluding hydrogens is 206 g/mol. The molecule has 1 heterocycles. The van der Waals surface area contributed by atoms with Crippen molar-refractivity contribution in [1.82, 2.24) is 4.90 Å². The molecule has 0 N–H and O–H groups in total. The summed E-state index contributed by atoms with van der Waals surface area (Å²) in [4.78, 5) is 2.68. The lowest BCUT2D eigenvalue weighted by Crippen LogP contribution is -2.43. The third-order valence-corrected chi connectivity index (χ3v) is 4.63. The molecule has 0 bridgehead atoms. The van der Waals surface area contributed by atoms with Crippen molar-refractivity contribution in [3.8, 4) is 0 Å². The van der Waals surface area contributed by atoms with E-state index in [0.29, 0.717) is 12.1 Å². The number of nitrogens with zero attached hydrogens (tertiary/aromatic N) is 1. The predicted octanol–water partition coefficient (Wildman–Crippen LogP) is 4.04. The zero-order valence-corrected chi connectivity index (χ0v) is 11.6. The molecule has 0 fully saturated rings. The summed E-state index contributed by atoms with van der Waals surface area (Å²) in [5, 5.41) is 0. The Bertz CT molecular complexity index is 372.